The maximum Gasteiger partial charge on any atom is 0.327 e. The van der Waals surface area contributed by atoms with Gasteiger partial charge in [0.15, 0.2) is 0 Å². The lowest BCUT2D eigenvalue weighted by molar-refractivity contribution is 0.256. The topological polar surface area (TPSA) is 22.4 Å². The minimum absolute atomic E-state index is 0.894. The highest BCUT2D eigenvalue weighted by atomic mass is 19.2. The SMILES string of the molecule is [CH2]Oc1oc(F)c(F)c1F. The Morgan fingerprint density at radius 3 is 2.00 bits per heavy atom. The number of halogens is 3. The Morgan fingerprint density at radius 2 is 1.80 bits per heavy atom. The van der Waals surface area contributed by atoms with Crippen LogP contribution in [0.25, 0.3) is 0 Å². The Kier molecular flexibility index (Phi) is 1.57. The largest absolute Gasteiger partial charge is 0.459 e. The number of rotatable bonds is 1. The third-order valence-electron chi connectivity index (χ3n) is 0.858. The van der Waals surface area contributed by atoms with E-state index in [1.165, 1.54) is 0 Å². The van der Waals surface area contributed by atoms with Crippen molar-refractivity contribution in [3.63, 3.8) is 0 Å². The fraction of sp³-hybridized carbons (Fsp3) is 0. The van der Waals surface area contributed by atoms with Gasteiger partial charge in [0, 0.05) is 0 Å². The minimum Gasteiger partial charge on any atom is -0.459 e. The highest BCUT2D eigenvalue weighted by Crippen LogP contribution is 2.24. The van der Waals surface area contributed by atoms with Crippen molar-refractivity contribution >= 4 is 0 Å². The second kappa shape index (κ2) is 2.24. The van der Waals surface area contributed by atoms with Gasteiger partial charge >= 0.3 is 12.0 Å². The lowest BCUT2D eigenvalue weighted by Gasteiger charge is -1.87. The van der Waals surface area contributed by atoms with Crippen molar-refractivity contribution in [1.29, 1.82) is 0 Å². The third-order valence-corrected chi connectivity index (χ3v) is 0.858. The van der Waals surface area contributed by atoms with E-state index in [0.717, 1.165) is 0 Å². The Morgan fingerprint density at radius 1 is 1.20 bits per heavy atom. The van der Waals surface area contributed by atoms with Gasteiger partial charge in [0.25, 0.3) is 0 Å². The third kappa shape index (κ3) is 0.832. The van der Waals surface area contributed by atoms with Crippen LogP contribution in [-0.4, -0.2) is 0 Å². The highest BCUT2D eigenvalue weighted by Gasteiger charge is 2.20. The zero-order valence-corrected chi connectivity index (χ0v) is 4.66. The molecule has 0 fully saturated rings. The number of hydrogen-bond donors (Lipinski definition) is 0. The molecule has 0 bridgehead atoms. The van der Waals surface area contributed by atoms with Gasteiger partial charge in [0.05, 0.1) is 0 Å². The van der Waals surface area contributed by atoms with Crippen molar-refractivity contribution in [1.82, 2.24) is 0 Å². The summed E-state index contributed by atoms with van der Waals surface area (Å²) in [5.41, 5.74) is 0. The van der Waals surface area contributed by atoms with E-state index in [9.17, 15) is 13.2 Å². The smallest absolute Gasteiger partial charge is 0.327 e. The second-order valence-electron chi connectivity index (χ2n) is 1.44. The van der Waals surface area contributed by atoms with Gasteiger partial charge in [-0.3, -0.25) is 0 Å². The molecule has 0 saturated heterocycles. The van der Waals surface area contributed by atoms with Crippen LogP contribution in [0.1, 0.15) is 0 Å². The fourth-order valence-corrected chi connectivity index (χ4v) is 0.440. The van der Waals surface area contributed by atoms with E-state index in [4.69, 9.17) is 0 Å². The Bertz CT molecular complexity index is 243. The number of hydrogen-bond acceptors (Lipinski definition) is 2. The molecule has 0 atom stereocenters. The van der Waals surface area contributed by atoms with E-state index in [0.29, 0.717) is 0 Å². The van der Waals surface area contributed by atoms with Gasteiger partial charge in [-0.15, -0.1) is 0 Å². The molecule has 0 aromatic carbocycles. The Hall–Kier alpha value is -1.13. The van der Waals surface area contributed by atoms with Crippen LogP contribution < -0.4 is 4.74 Å². The summed E-state index contributed by atoms with van der Waals surface area (Å²) in [6.07, 6.45) is 0. The van der Waals surface area contributed by atoms with Gasteiger partial charge in [-0.25, -0.2) is 0 Å². The Balaban J connectivity index is 3.17. The summed E-state index contributed by atoms with van der Waals surface area (Å²) in [4.78, 5) is 0. The zero-order valence-electron chi connectivity index (χ0n) is 4.66. The zero-order chi connectivity index (χ0) is 7.72. The van der Waals surface area contributed by atoms with Crippen molar-refractivity contribution in [2.75, 3.05) is 0 Å². The van der Waals surface area contributed by atoms with Crippen molar-refractivity contribution in [2.45, 2.75) is 0 Å². The molecule has 1 aromatic rings. The van der Waals surface area contributed by atoms with E-state index in [2.05, 4.69) is 16.3 Å². The first-order chi connectivity index (χ1) is 4.66. The molecule has 0 N–H and O–H groups in total. The van der Waals surface area contributed by atoms with Crippen LogP contribution in [0.5, 0.6) is 5.95 Å². The number of ether oxygens (including phenoxy) is 1. The lowest BCUT2D eigenvalue weighted by atomic mass is 10.6. The van der Waals surface area contributed by atoms with E-state index in [1.807, 2.05) is 0 Å². The monoisotopic (exact) mass is 151 g/mol. The van der Waals surface area contributed by atoms with Crippen molar-refractivity contribution < 1.29 is 22.3 Å². The molecule has 0 spiro atoms. The summed E-state index contributed by atoms with van der Waals surface area (Å²) in [5.74, 6) is -4.10. The molecule has 0 saturated carbocycles. The van der Waals surface area contributed by atoms with Gasteiger partial charge in [0.1, 0.15) is 7.11 Å². The van der Waals surface area contributed by atoms with Crippen LogP contribution in [0.2, 0.25) is 0 Å². The molecule has 2 nitrogen and oxygen atoms in total. The highest BCUT2D eigenvalue weighted by molar-refractivity contribution is 5.11. The van der Waals surface area contributed by atoms with E-state index < -0.39 is 23.6 Å². The molecule has 55 valence electrons. The molecule has 0 unspecified atom stereocenters. The van der Waals surface area contributed by atoms with Gasteiger partial charge < -0.3 is 9.15 Å². The lowest BCUT2D eigenvalue weighted by Crippen LogP contribution is -1.80. The first kappa shape index (κ1) is 6.98. The maximum absolute atomic E-state index is 12.1. The van der Waals surface area contributed by atoms with E-state index in [1.54, 1.807) is 0 Å². The average Bonchev–Trinajstić information content (AvgIpc) is 2.17. The van der Waals surface area contributed by atoms with Gasteiger partial charge in [-0.2, -0.15) is 13.2 Å². The van der Waals surface area contributed by atoms with Crippen molar-refractivity contribution in [3.8, 4) is 5.95 Å². The van der Waals surface area contributed by atoms with Crippen LogP contribution in [0.3, 0.4) is 0 Å². The summed E-state index contributed by atoms with van der Waals surface area (Å²) in [7, 11) is 2.70. The predicted molar refractivity (Wildman–Crippen MR) is 24.6 cm³/mol. The summed E-state index contributed by atoms with van der Waals surface area (Å²) < 4.78 is 43.7. The summed E-state index contributed by atoms with van der Waals surface area (Å²) >= 11 is 0. The van der Waals surface area contributed by atoms with Crippen LogP contribution in [-0.2, 0) is 0 Å². The molecule has 1 aromatic heterocycles. The summed E-state index contributed by atoms with van der Waals surface area (Å²) in [6.45, 7) is 0. The summed E-state index contributed by atoms with van der Waals surface area (Å²) in [6, 6.07) is -1.64. The van der Waals surface area contributed by atoms with Gasteiger partial charge in [-0.05, 0) is 0 Å². The first-order valence-corrected chi connectivity index (χ1v) is 2.22. The molecular weight excluding hydrogens is 149 g/mol. The second-order valence-corrected chi connectivity index (χ2v) is 1.44. The molecule has 0 amide bonds. The molecule has 0 aliphatic rings. The molecule has 1 rings (SSSR count). The minimum atomic E-state index is -1.70. The number of furan rings is 1. The quantitative estimate of drug-likeness (QED) is 0.611. The summed E-state index contributed by atoms with van der Waals surface area (Å²) in [5, 5.41) is 0. The van der Waals surface area contributed by atoms with Crippen LogP contribution in [0.4, 0.5) is 13.2 Å². The standard InChI is InChI=1S/C5H2F3O2/c1-9-5-3(7)2(6)4(8)10-5/h1H2. The molecule has 0 aliphatic carbocycles. The predicted octanol–water partition coefficient (Wildman–Crippen LogP) is 1.87. The van der Waals surface area contributed by atoms with E-state index in [-0.39, 0.29) is 0 Å². The van der Waals surface area contributed by atoms with Gasteiger partial charge in [0.2, 0.25) is 11.6 Å². The van der Waals surface area contributed by atoms with Crippen LogP contribution in [0, 0.1) is 24.8 Å². The normalized spacial score (nSPS) is 10.0. The fourth-order valence-electron chi connectivity index (χ4n) is 0.440. The van der Waals surface area contributed by atoms with Gasteiger partial charge in [-0.1, -0.05) is 0 Å². The maximum atomic E-state index is 12.1. The Labute approximate surface area is 54.2 Å². The molecule has 1 radical (unpaired) electrons. The average molecular weight is 151 g/mol. The first-order valence-electron chi connectivity index (χ1n) is 2.22. The van der Waals surface area contributed by atoms with E-state index >= 15 is 0 Å². The van der Waals surface area contributed by atoms with Crippen LogP contribution >= 0.6 is 0 Å². The molecule has 10 heavy (non-hydrogen) atoms. The molecule has 1 heterocycles. The van der Waals surface area contributed by atoms with Crippen molar-refractivity contribution in [3.05, 3.63) is 24.8 Å². The molecular formula is C5H2F3O2. The molecule has 5 heteroatoms. The van der Waals surface area contributed by atoms with Crippen molar-refractivity contribution in [2.24, 2.45) is 0 Å². The van der Waals surface area contributed by atoms with Crippen LogP contribution in [0.15, 0.2) is 4.42 Å². The molecule has 0 aliphatic heterocycles.